The monoisotopic (exact) mass is 293 g/mol. The second kappa shape index (κ2) is 6.01. The molecule has 3 aromatic rings. The van der Waals surface area contributed by atoms with Crippen molar-refractivity contribution >= 4 is 17.8 Å². The van der Waals surface area contributed by atoms with Crippen LogP contribution in [0.1, 0.15) is 11.5 Å². The van der Waals surface area contributed by atoms with Crippen LogP contribution in [0.2, 0.25) is 0 Å². The number of benzene rings is 2. The standard InChI is InChI=1S/C16H11N3O3/c20-19(21)14-9-7-13(8-10-14)16-18-17-15(22-16)11-6-12-4-2-1-3-5-12/h1-11H. The van der Waals surface area contributed by atoms with Crippen molar-refractivity contribution < 1.29 is 9.34 Å². The quantitative estimate of drug-likeness (QED) is 0.539. The van der Waals surface area contributed by atoms with Crippen molar-refractivity contribution in [3.05, 3.63) is 76.2 Å². The first-order valence-electron chi connectivity index (χ1n) is 6.54. The van der Waals surface area contributed by atoms with Crippen molar-refractivity contribution in [1.82, 2.24) is 10.2 Å². The Morgan fingerprint density at radius 3 is 2.36 bits per heavy atom. The van der Waals surface area contributed by atoms with Gasteiger partial charge in [-0.2, -0.15) is 0 Å². The Kier molecular flexibility index (Phi) is 3.74. The highest BCUT2D eigenvalue weighted by Crippen LogP contribution is 2.21. The molecule has 22 heavy (non-hydrogen) atoms. The summed E-state index contributed by atoms with van der Waals surface area (Å²) in [6.45, 7) is 0. The summed E-state index contributed by atoms with van der Waals surface area (Å²) in [6.07, 6.45) is 3.59. The van der Waals surface area contributed by atoms with Gasteiger partial charge in [0.1, 0.15) is 0 Å². The molecule has 1 heterocycles. The molecule has 3 rings (SSSR count). The summed E-state index contributed by atoms with van der Waals surface area (Å²) in [5.74, 6) is 0.694. The third-order valence-corrected chi connectivity index (χ3v) is 2.98. The van der Waals surface area contributed by atoms with E-state index >= 15 is 0 Å². The number of nitrogens with zero attached hydrogens (tertiary/aromatic N) is 3. The normalized spacial score (nSPS) is 10.9. The van der Waals surface area contributed by atoms with Gasteiger partial charge in [-0.15, -0.1) is 10.2 Å². The van der Waals surface area contributed by atoms with Crippen molar-refractivity contribution in [3.8, 4) is 11.5 Å². The Hall–Kier alpha value is -3.28. The summed E-state index contributed by atoms with van der Waals surface area (Å²) in [5.41, 5.74) is 1.68. The molecule has 0 aliphatic rings. The van der Waals surface area contributed by atoms with Crippen molar-refractivity contribution in [2.45, 2.75) is 0 Å². The van der Waals surface area contributed by atoms with E-state index in [0.717, 1.165) is 5.56 Å². The molecule has 0 saturated heterocycles. The Balaban J connectivity index is 1.79. The highest BCUT2D eigenvalue weighted by Gasteiger charge is 2.09. The van der Waals surface area contributed by atoms with Gasteiger partial charge in [-0.1, -0.05) is 30.3 Å². The van der Waals surface area contributed by atoms with Crippen LogP contribution in [-0.2, 0) is 0 Å². The molecule has 0 atom stereocenters. The lowest BCUT2D eigenvalue weighted by Crippen LogP contribution is -1.87. The maximum absolute atomic E-state index is 10.6. The largest absolute Gasteiger partial charge is 0.417 e. The van der Waals surface area contributed by atoms with E-state index in [-0.39, 0.29) is 5.69 Å². The highest BCUT2D eigenvalue weighted by atomic mass is 16.6. The molecule has 0 aliphatic heterocycles. The maximum Gasteiger partial charge on any atom is 0.269 e. The first-order chi connectivity index (χ1) is 10.7. The van der Waals surface area contributed by atoms with E-state index in [2.05, 4.69) is 10.2 Å². The number of non-ortho nitro benzene ring substituents is 1. The predicted octanol–water partition coefficient (Wildman–Crippen LogP) is 3.82. The fraction of sp³-hybridized carbons (Fsp3) is 0. The minimum absolute atomic E-state index is 0.0208. The van der Waals surface area contributed by atoms with Crippen molar-refractivity contribution in [2.75, 3.05) is 0 Å². The smallest absolute Gasteiger partial charge is 0.269 e. The molecular formula is C16H11N3O3. The van der Waals surface area contributed by atoms with Crippen LogP contribution in [0.4, 0.5) is 5.69 Å². The molecule has 2 aromatic carbocycles. The molecular weight excluding hydrogens is 282 g/mol. The third-order valence-electron chi connectivity index (χ3n) is 2.98. The summed E-state index contributed by atoms with van der Waals surface area (Å²) in [7, 11) is 0. The van der Waals surface area contributed by atoms with Crippen LogP contribution in [0.3, 0.4) is 0 Å². The molecule has 0 saturated carbocycles. The molecule has 0 amide bonds. The Bertz CT molecular complexity index is 808. The average molecular weight is 293 g/mol. The minimum Gasteiger partial charge on any atom is -0.417 e. The van der Waals surface area contributed by atoms with Gasteiger partial charge < -0.3 is 4.42 Å². The number of rotatable bonds is 4. The van der Waals surface area contributed by atoms with Crippen LogP contribution >= 0.6 is 0 Å². The molecule has 0 spiro atoms. The number of nitro benzene ring substituents is 1. The molecule has 0 N–H and O–H groups in total. The number of nitro groups is 1. The van der Waals surface area contributed by atoms with Crippen LogP contribution in [0.15, 0.2) is 59.0 Å². The zero-order valence-corrected chi connectivity index (χ0v) is 11.4. The maximum atomic E-state index is 10.6. The second-order valence-electron chi connectivity index (χ2n) is 4.49. The van der Waals surface area contributed by atoms with Gasteiger partial charge in [-0.05, 0) is 23.8 Å². The Morgan fingerprint density at radius 2 is 1.68 bits per heavy atom. The summed E-state index contributed by atoms with van der Waals surface area (Å²) < 4.78 is 5.51. The summed E-state index contributed by atoms with van der Waals surface area (Å²) in [4.78, 5) is 10.2. The third kappa shape index (κ3) is 3.06. The van der Waals surface area contributed by atoms with E-state index in [1.807, 2.05) is 36.4 Å². The van der Waals surface area contributed by atoms with Gasteiger partial charge in [0.25, 0.3) is 5.69 Å². The van der Waals surface area contributed by atoms with Gasteiger partial charge in [-0.25, -0.2) is 0 Å². The first-order valence-corrected chi connectivity index (χ1v) is 6.54. The first kappa shape index (κ1) is 13.7. The van der Waals surface area contributed by atoms with Gasteiger partial charge in [0.15, 0.2) is 0 Å². The van der Waals surface area contributed by atoms with E-state index in [4.69, 9.17) is 4.42 Å². The average Bonchev–Trinajstić information content (AvgIpc) is 3.03. The van der Waals surface area contributed by atoms with Crippen molar-refractivity contribution in [1.29, 1.82) is 0 Å². The number of hydrogen-bond acceptors (Lipinski definition) is 5. The lowest BCUT2D eigenvalue weighted by atomic mass is 10.2. The highest BCUT2D eigenvalue weighted by molar-refractivity contribution is 5.66. The van der Waals surface area contributed by atoms with Gasteiger partial charge in [0, 0.05) is 23.8 Å². The number of hydrogen-bond donors (Lipinski definition) is 0. The second-order valence-corrected chi connectivity index (χ2v) is 4.49. The summed E-state index contributed by atoms with van der Waals surface area (Å²) in [6, 6.07) is 15.7. The fourth-order valence-corrected chi connectivity index (χ4v) is 1.88. The molecule has 6 nitrogen and oxygen atoms in total. The topological polar surface area (TPSA) is 82.1 Å². The summed E-state index contributed by atoms with van der Waals surface area (Å²) >= 11 is 0. The van der Waals surface area contributed by atoms with Crippen molar-refractivity contribution in [3.63, 3.8) is 0 Å². The van der Waals surface area contributed by atoms with Crippen LogP contribution in [0, 0.1) is 10.1 Å². The lowest BCUT2D eigenvalue weighted by molar-refractivity contribution is -0.384. The van der Waals surface area contributed by atoms with Crippen LogP contribution in [0.5, 0.6) is 0 Å². The number of aromatic nitrogens is 2. The molecule has 1 aromatic heterocycles. The zero-order valence-electron chi connectivity index (χ0n) is 11.4. The molecule has 0 unspecified atom stereocenters. The van der Waals surface area contributed by atoms with E-state index in [9.17, 15) is 10.1 Å². The molecule has 108 valence electrons. The molecule has 0 radical (unpaired) electrons. The summed E-state index contributed by atoms with van der Waals surface area (Å²) in [5, 5.41) is 18.5. The van der Waals surface area contributed by atoms with E-state index < -0.39 is 4.92 Å². The van der Waals surface area contributed by atoms with Crippen LogP contribution in [0.25, 0.3) is 23.6 Å². The van der Waals surface area contributed by atoms with E-state index in [1.165, 1.54) is 12.1 Å². The molecule has 6 heteroatoms. The Morgan fingerprint density at radius 1 is 0.955 bits per heavy atom. The van der Waals surface area contributed by atoms with Crippen molar-refractivity contribution in [2.24, 2.45) is 0 Å². The van der Waals surface area contributed by atoms with E-state index in [1.54, 1.807) is 18.2 Å². The Labute approximate surface area is 125 Å². The van der Waals surface area contributed by atoms with Crippen LogP contribution < -0.4 is 0 Å². The molecule has 0 aliphatic carbocycles. The van der Waals surface area contributed by atoms with Gasteiger partial charge in [-0.3, -0.25) is 10.1 Å². The zero-order chi connectivity index (χ0) is 15.4. The molecule has 0 fully saturated rings. The minimum atomic E-state index is -0.453. The van der Waals surface area contributed by atoms with Gasteiger partial charge >= 0.3 is 0 Å². The lowest BCUT2D eigenvalue weighted by Gasteiger charge is -1.94. The van der Waals surface area contributed by atoms with Gasteiger partial charge in [0.2, 0.25) is 11.8 Å². The van der Waals surface area contributed by atoms with E-state index in [0.29, 0.717) is 17.3 Å². The molecule has 0 bridgehead atoms. The van der Waals surface area contributed by atoms with Crippen LogP contribution in [-0.4, -0.2) is 15.1 Å². The SMILES string of the molecule is O=[N+]([O-])c1ccc(-c2nnc(C=Cc3ccccc3)o2)cc1. The van der Waals surface area contributed by atoms with Gasteiger partial charge in [0.05, 0.1) is 4.92 Å². The fourth-order valence-electron chi connectivity index (χ4n) is 1.88. The predicted molar refractivity (Wildman–Crippen MR) is 81.8 cm³/mol.